The molecule has 31 heavy (non-hydrogen) atoms. The van der Waals surface area contributed by atoms with Crippen LogP contribution in [0.25, 0.3) is 0 Å². The van der Waals surface area contributed by atoms with Gasteiger partial charge in [-0.05, 0) is 24.3 Å². The van der Waals surface area contributed by atoms with Crippen LogP contribution in [0.4, 0.5) is 0 Å². The Morgan fingerprint density at radius 3 is 1.39 bits per heavy atom. The number of amides is 4. The van der Waals surface area contributed by atoms with Crippen LogP contribution in [0.5, 0.6) is 0 Å². The molecular weight excluding hydrogens is 488 g/mol. The largest absolute Gasteiger partial charge is 0.313 e. The predicted octanol–water partition coefficient (Wildman–Crippen LogP) is 3.78. The molecule has 2 aliphatic heterocycles. The quantitative estimate of drug-likeness (QED) is 0.481. The van der Waals surface area contributed by atoms with Gasteiger partial charge >= 0.3 is 0 Å². The Hall–Kier alpha value is -2.16. The second-order valence-corrected chi connectivity index (χ2v) is 8.41. The summed E-state index contributed by atoms with van der Waals surface area (Å²) in [5.74, 6) is -1.93. The van der Waals surface area contributed by atoms with Crippen LogP contribution < -0.4 is 5.32 Å². The minimum Gasteiger partial charge on any atom is -0.313 e. The molecule has 0 bridgehead atoms. The summed E-state index contributed by atoms with van der Waals surface area (Å²) in [5.41, 5.74) is 0.614. The second kappa shape index (κ2) is 8.41. The Balaban J connectivity index is 1.33. The van der Waals surface area contributed by atoms with Gasteiger partial charge in [-0.2, -0.15) is 0 Å². The van der Waals surface area contributed by atoms with Crippen molar-refractivity contribution >= 4 is 70.0 Å². The standard InChI is InChI=1S/C20H13Cl4N3O4/c21-11-3-1-9-13(15(11)23)19(30)26(17(9)28)7-5-25-6-8-27-18(29)10-2-4-12(22)16(24)14(10)20(27)31/h1-4,25H,5-8H2. The number of hydrogen-bond acceptors (Lipinski definition) is 5. The zero-order valence-corrected chi connectivity index (χ0v) is 18.7. The van der Waals surface area contributed by atoms with E-state index in [0.717, 1.165) is 9.80 Å². The maximum Gasteiger partial charge on any atom is 0.263 e. The first-order valence-electron chi connectivity index (χ1n) is 9.13. The molecule has 0 saturated carbocycles. The summed E-state index contributed by atoms with van der Waals surface area (Å²) in [5, 5.41) is 3.52. The summed E-state index contributed by atoms with van der Waals surface area (Å²) in [6.45, 7) is 0.687. The molecule has 0 spiro atoms. The normalized spacial score (nSPS) is 15.2. The fourth-order valence-corrected chi connectivity index (χ4v) is 4.34. The van der Waals surface area contributed by atoms with Crippen molar-refractivity contribution in [2.45, 2.75) is 0 Å². The van der Waals surface area contributed by atoms with Crippen molar-refractivity contribution in [1.82, 2.24) is 15.1 Å². The number of carbonyl (C=O) groups excluding carboxylic acids is 4. The SMILES string of the molecule is O=C1c2ccc(Cl)c(Cl)c2C(=O)N1CCNCCN1C(=O)c2ccc(Cl)c(Cl)c2C1=O. The fourth-order valence-electron chi connectivity index (χ4n) is 3.53. The van der Waals surface area contributed by atoms with Crippen molar-refractivity contribution in [2.75, 3.05) is 26.2 Å². The molecule has 2 heterocycles. The van der Waals surface area contributed by atoms with Crippen molar-refractivity contribution in [3.63, 3.8) is 0 Å². The minimum absolute atomic E-state index is 0.0531. The summed E-state index contributed by atoms with van der Waals surface area (Å²) in [6, 6.07) is 5.88. The van der Waals surface area contributed by atoms with Crippen molar-refractivity contribution < 1.29 is 19.2 Å². The lowest BCUT2D eigenvalue weighted by Crippen LogP contribution is -2.40. The first-order valence-corrected chi connectivity index (χ1v) is 10.6. The Morgan fingerprint density at radius 1 is 0.613 bits per heavy atom. The van der Waals surface area contributed by atoms with Gasteiger partial charge < -0.3 is 5.32 Å². The van der Waals surface area contributed by atoms with Crippen molar-refractivity contribution in [3.05, 3.63) is 66.6 Å². The first kappa shape index (κ1) is 22.0. The van der Waals surface area contributed by atoms with Crippen LogP contribution in [0.15, 0.2) is 24.3 Å². The highest BCUT2D eigenvalue weighted by Crippen LogP contribution is 2.35. The number of hydrogen-bond donors (Lipinski definition) is 1. The third-order valence-electron chi connectivity index (χ3n) is 5.08. The monoisotopic (exact) mass is 499 g/mol. The number of nitrogens with one attached hydrogen (secondary N) is 1. The molecule has 0 radical (unpaired) electrons. The smallest absolute Gasteiger partial charge is 0.263 e. The van der Waals surface area contributed by atoms with Crippen LogP contribution in [0.1, 0.15) is 41.4 Å². The molecule has 11 heteroatoms. The lowest BCUT2D eigenvalue weighted by Gasteiger charge is -2.16. The van der Waals surface area contributed by atoms with E-state index in [0.29, 0.717) is 0 Å². The van der Waals surface area contributed by atoms with E-state index in [4.69, 9.17) is 46.4 Å². The number of imide groups is 2. The molecule has 0 atom stereocenters. The van der Waals surface area contributed by atoms with Gasteiger partial charge in [0, 0.05) is 26.2 Å². The maximum absolute atomic E-state index is 12.5. The van der Waals surface area contributed by atoms with E-state index in [1.807, 2.05) is 0 Å². The molecule has 0 aliphatic carbocycles. The Bertz CT molecular complexity index is 1080. The van der Waals surface area contributed by atoms with Gasteiger partial charge in [0.1, 0.15) is 0 Å². The van der Waals surface area contributed by atoms with Gasteiger partial charge in [0.15, 0.2) is 0 Å². The van der Waals surface area contributed by atoms with E-state index < -0.39 is 23.6 Å². The molecular formula is C20H13Cl4N3O4. The molecule has 160 valence electrons. The molecule has 0 fully saturated rings. The summed E-state index contributed by atoms with van der Waals surface area (Å²) in [4.78, 5) is 52.2. The molecule has 0 aromatic heterocycles. The topological polar surface area (TPSA) is 86.8 Å². The van der Waals surface area contributed by atoms with Crippen LogP contribution in [0.3, 0.4) is 0 Å². The van der Waals surface area contributed by atoms with Crippen LogP contribution >= 0.6 is 46.4 Å². The average Bonchev–Trinajstić information content (AvgIpc) is 3.13. The van der Waals surface area contributed by atoms with E-state index >= 15 is 0 Å². The molecule has 1 N–H and O–H groups in total. The Labute approximate surface area is 196 Å². The zero-order valence-electron chi connectivity index (χ0n) is 15.7. The highest BCUT2D eigenvalue weighted by molar-refractivity contribution is 6.46. The van der Waals surface area contributed by atoms with Gasteiger partial charge in [-0.25, -0.2) is 0 Å². The van der Waals surface area contributed by atoms with E-state index in [-0.39, 0.29) is 68.5 Å². The molecule has 0 unspecified atom stereocenters. The van der Waals surface area contributed by atoms with Gasteiger partial charge in [-0.1, -0.05) is 46.4 Å². The summed E-state index contributed by atoms with van der Waals surface area (Å²) < 4.78 is 0. The van der Waals surface area contributed by atoms with Crippen molar-refractivity contribution in [3.8, 4) is 0 Å². The molecule has 4 rings (SSSR count). The summed E-state index contributed by atoms with van der Waals surface area (Å²) in [6.07, 6.45) is 0. The molecule has 4 amide bonds. The highest BCUT2D eigenvalue weighted by Gasteiger charge is 2.39. The predicted molar refractivity (Wildman–Crippen MR) is 117 cm³/mol. The number of rotatable bonds is 6. The third kappa shape index (κ3) is 3.60. The summed E-state index contributed by atoms with van der Waals surface area (Å²) >= 11 is 24.0. The van der Waals surface area contributed by atoms with Crippen LogP contribution in [0.2, 0.25) is 20.1 Å². The minimum atomic E-state index is -0.513. The number of halogens is 4. The Kier molecular flexibility index (Phi) is 5.98. The molecule has 2 aliphatic rings. The van der Waals surface area contributed by atoms with Crippen LogP contribution in [-0.4, -0.2) is 59.6 Å². The van der Waals surface area contributed by atoms with Crippen LogP contribution in [-0.2, 0) is 0 Å². The van der Waals surface area contributed by atoms with Gasteiger partial charge in [-0.15, -0.1) is 0 Å². The maximum atomic E-state index is 12.5. The zero-order chi connectivity index (χ0) is 22.4. The number of carbonyl (C=O) groups is 4. The molecule has 2 aromatic rings. The van der Waals surface area contributed by atoms with Crippen molar-refractivity contribution in [1.29, 1.82) is 0 Å². The number of fused-ring (bicyclic) bond motifs is 2. The van der Waals surface area contributed by atoms with Crippen molar-refractivity contribution in [2.24, 2.45) is 0 Å². The number of nitrogens with zero attached hydrogens (tertiary/aromatic N) is 2. The van der Waals surface area contributed by atoms with Gasteiger partial charge in [0.05, 0.1) is 42.3 Å². The third-order valence-corrected chi connectivity index (χ3v) is 6.69. The molecule has 7 nitrogen and oxygen atoms in total. The lowest BCUT2D eigenvalue weighted by atomic mass is 10.1. The van der Waals surface area contributed by atoms with Gasteiger partial charge in [-0.3, -0.25) is 29.0 Å². The van der Waals surface area contributed by atoms with E-state index in [2.05, 4.69) is 5.32 Å². The van der Waals surface area contributed by atoms with Crippen LogP contribution in [0, 0.1) is 0 Å². The average molecular weight is 501 g/mol. The first-order chi connectivity index (χ1) is 14.7. The highest BCUT2D eigenvalue weighted by atomic mass is 35.5. The van der Waals surface area contributed by atoms with E-state index in [1.165, 1.54) is 24.3 Å². The Morgan fingerprint density at radius 2 is 1.00 bits per heavy atom. The molecule has 0 saturated heterocycles. The van der Waals surface area contributed by atoms with E-state index in [1.54, 1.807) is 0 Å². The van der Waals surface area contributed by atoms with Gasteiger partial charge in [0.25, 0.3) is 23.6 Å². The molecule has 2 aromatic carbocycles. The fraction of sp³-hybridized carbons (Fsp3) is 0.200. The number of benzene rings is 2. The lowest BCUT2D eigenvalue weighted by molar-refractivity contribution is 0.0650. The summed E-state index contributed by atoms with van der Waals surface area (Å²) in [7, 11) is 0. The van der Waals surface area contributed by atoms with E-state index in [9.17, 15) is 19.2 Å². The second-order valence-electron chi connectivity index (χ2n) is 6.84. The van der Waals surface area contributed by atoms with Gasteiger partial charge in [0.2, 0.25) is 0 Å².